The Morgan fingerprint density at radius 2 is 2.04 bits per heavy atom. The first-order chi connectivity index (χ1) is 12.3. The van der Waals surface area contributed by atoms with E-state index in [1.807, 2.05) is 30.3 Å². The molecule has 1 unspecified atom stereocenters. The van der Waals surface area contributed by atoms with Crippen LogP contribution in [0.5, 0.6) is 0 Å². The molecule has 2 heterocycles. The molecule has 5 rings (SSSR count). The summed E-state index contributed by atoms with van der Waals surface area (Å²) in [6, 6.07) is 14.2. The molecule has 1 aliphatic rings. The van der Waals surface area contributed by atoms with E-state index in [1.165, 1.54) is 11.1 Å². The van der Waals surface area contributed by atoms with Gasteiger partial charge in [-0.15, -0.1) is 0 Å². The largest absolute Gasteiger partial charge is 0.464 e. The molecule has 0 fully saturated rings. The first-order valence-electron chi connectivity index (χ1n) is 8.49. The molecule has 5 nitrogen and oxygen atoms in total. The summed E-state index contributed by atoms with van der Waals surface area (Å²) in [5.41, 5.74) is 11.3. The Bertz CT molecular complexity index is 1060. The average Bonchev–Trinajstić information content (AvgIpc) is 3.28. The maximum atomic E-state index is 6.19. The normalized spacial score (nSPS) is 16.9. The van der Waals surface area contributed by atoms with Crippen molar-refractivity contribution in [2.45, 2.75) is 25.3 Å². The van der Waals surface area contributed by atoms with Crippen LogP contribution in [0.2, 0.25) is 0 Å². The van der Waals surface area contributed by atoms with Crippen LogP contribution in [0.4, 0.5) is 0 Å². The monoisotopic (exact) mass is 331 g/mol. The molecule has 0 amide bonds. The van der Waals surface area contributed by atoms with Gasteiger partial charge in [0.05, 0.1) is 5.56 Å². The van der Waals surface area contributed by atoms with E-state index in [0.717, 1.165) is 41.4 Å². The minimum atomic E-state index is 0.133. The van der Waals surface area contributed by atoms with E-state index in [4.69, 9.17) is 14.7 Å². The van der Waals surface area contributed by atoms with Gasteiger partial charge in [0.15, 0.2) is 0 Å². The van der Waals surface area contributed by atoms with Crippen LogP contribution in [0.3, 0.4) is 0 Å². The van der Waals surface area contributed by atoms with E-state index in [-0.39, 0.29) is 6.04 Å². The summed E-state index contributed by atoms with van der Waals surface area (Å²) < 4.78 is 11.1. The Labute approximate surface area is 144 Å². The van der Waals surface area contributed by atoms with Crippen molar-refractivity contribution in [3.05, 3.63) is 59.9 Å². The van der Waals surface area contributed by atoms with E-state index in [1.54, 1.807) is 6.26 Å². The number of rotatable bonds is 2. The molecule has 0 aliphatic heterocycles. The van der Waals surface area contributed by atoms with Crippen LogP contribution in [-0.4, -0.2) is 10.1 Å². The lowest BCUT2D eigenvalue weighted by Gasteiger charge is -2.22. The van der Waals surface area contributed by atoms with Crippen LogP contribution in [0, 0.1) is 0 Å². The fourth-order valence-corrected chi connectivity index (χ4v) is 3.59. The molecule has 0 radical (unpaired) electrons. The number of nitrogens with two attached hydrogens (primary N) is 1. The third-order valence-corrected chi connectivity index (χ3v) is 4.90. The molecule has 2 aromatic carbocycles. The summed E-state index contributed by atoms with van der Waals surface area (Å²) in [4.78, 5) is 4.57. The lowest BCUT2D eigenvalue weighted by molar-refractivity contribution is 0.432. The lowest BCUT2D eigenvalue weighted by atomic mass is 9.87. The maximum absolute atomic E-state index is 6.19. The fourth-order valence-electron chi connectivity index (χ4n) is 3.59. The third kappa shape index (κ3) is 2.36. The van der Waals surface area contributed by atoms with Gasteiger partial charge in [-0.2, -0.15) is 4.98 Å². The molecule has 0 spiro atoms. The standard InChI is InChI=1S/C20H17N3O2/c21-17-6-3-4-12-10-13(8-9-14(12)17)20-22-19(23-25-20)16-11-24-18-7-2-1-5-15(16)18/h1-2,5,7-11,17H,3-4,6,21H2. The number of aromatic nitrogens is 2. The molecule has 124 valence electrons. The molecule has 0 saturated carbocycles. The second-order valence-electron chi connectivity index (χ2n) is 6.48. The zero-order valence-corrected chi connectivity index (χ0v) is 13.6. The van der Waals surface area contributed by atoms with Gasteiger partial charge < -0.3 is 14.7 Å². The highest BCUT2D eigenvalue weighted by Crippen LogP contribution is 2.33. The second kappa shape index (κ2) is 5.57. The van der Waals surface area contributed by atoms with E-state index < -0.39 is 0 Å². The topological polar surface area (TPSA) is 78.1 Å². The highest BCUT2D eigenvalue weighted by Gasteiger charge is 2.19. The predicted octanol–water partition coefficient (Wildman–Crippen LogP) is 4.49. The Kier molecular flexibility index (Phi) is 3.21. The van der Waals surface area contributed by atoms with Gasteiger partial charge in [0.2, 0.25) is 5.82 Å². The van der Waals surface area contributed by atoms with Crippen molar-refractivity contribution >= 4 is 11.0 Å². The average molecular weight is 331 g/mol. The van der Waals surface area contributed by atoms with Crippen molar-refractivity contribution < 1.29 is 8.94 Å². The van der Waals surface area contributed by atoms with Crippen molar-refractivity contribution in [1.29, 1.82) is 0 Å². The number of fused-ring (bicyclic) bond motifs is 2. The van der Waals surface area contributed by atoms with E-state index in [9.17, 15) is 0 Å². The summed E-state index contributed by atoms with van der Waals surface area (Å²) in [5.74, 6) is 1.05. The quantitative estimate of drug-likeness (QED) is 0.585. The summed E-state index contributed by atoms with van der Waals surface area (Å²) in [6.45, 7) is 0. The summed E-state index contributed by atoms with van der Waals surface area (Å²) in [6.07, 6.45) is 4.88. The fraction of sp³-hybridized carbons (Fsp3) is 0.200. The highest BCUT2D eigenvalue weighted by molar-refractivity contribution is 5.92. The van der Waals surface area contributed by atoms with Gasteiger partial charge in [-0.25, -0.2) is 0 Å². The van der Waals surface area contributed by atoms with Gasteiger partial charge in [0.25, 0.3) is 5.89 Å². The lowest BCUT2D eigenvalue weighted by Crippen LogP contribution is -2.17. The van der Waals surface area contributed by atoms with Crippen molar-refractivity contribution in [3.63, 3.8) is 0 Å². The van der Waals surface area contributed by atoms with Crippen molar-refractivity contribution in [2.75, 3.05) is 0 Å². The number of hydrogen-bond donors (Lipinski definition) is 1. The van der Waals surface area contributed by atoms with Gasteiger partial charge in [-0.05, 0) is 48.6 Å². The number of nitrogens with zero attached hydrogens (tertiary/aromatic N) is 2. The molecule has 2 N–H and O–H groups in total. The van der Waals surface area contributed by atoms with Crippen LogP contribution < -0.4 is 5.73 Å². The Morgan fingerprint density at radius 1 is 1.12 bits per heavy atom. The Hall–Kier alpha value is -2.92. The van der Waals surface area contributed by atoms with Crippen molar-refractivity contribution in [3.8, 4) is 22.8 Å². The summed E-state index contributed by atoms with van der Waals surface area (Å²) in [5, 5.41) is 5.12. The number of hydrogen-bond acceptors (Lipinski definition) is 5. The van der Waals surface area contributed by atoms with Crippen LogP contribution in [-0.2, 0) is 6.42 Å². The van der Waals surface area contributed by atoms with Crippen LogP contribution in [0.25, 0.3) is 33.8 Å². The molecule has 1 aliphatic carbocycles. The molecule has 5 heteroatoms. The molecule has 2 aromatic heterocycles. The molecule has 0 bridgehead atoms. The summed E-state index contributed by atoms with van der Waals surface area (Å²) >= 11 is 0. The van der Waals surface area contributed by atoms with Crippen LogP contribution in [0.15, 0.2) is 57.7 Å². The Balaban J connectivity index is 1.55. The van der Waals surface area contributed by atoms with Gasteiger partial charge in [-0.1, -0.05) is 29.4 Å². The number of aryl methyl sites for hydroxylation is 1. The third-order valence-electron chi connectivity index (χ3n) is 4.90. The van der Waals surface area contributed by atoms with Gasteiger partial charge >= 0.3 is 0 Å². The van der Waals surface area contributed by atoms with Crippen molar-refractivity contribution in [2.24, 2.45) is 5.73 Å². The van der Waals surface area contributed by atoms with E-state index >= 15 is 0 Å². The second-order valence-corrected chi connectivity index (χ2v) is 6.48. The molecule has 1 atom stereocenters. The number of para-hydroxylation sites is 1. The zero-order chi connectivity index (χ0) is 16.8. The van der Waals surface area contributed by atoms with Gasteiger partial charge in [0, 0.05) is 17.0 Å². The van der Waals surface area contributed by atoms with Crippen LogP contribution >= 0.6 is 0 Å². The summed E-state index contributed by atoms with van der Waals surface area (Å²) in [7, 11) is 0. The molecular formula is C20H17N3O2. The first-order valence-corrected chi connectivity index (χ1v) is 8.49. The Morgan fingerprint density at radius 3 is 3.00 bits per heavy atom. The maximum Gasteiger partial charge on any atom is 0.258 e. The smallest absolute Gasteiger partial charge is 0.258 e. The predicted molar refractivity (Wildman–Crippen MR) is 94.8 cm³/mol. The van der Waals surface area contributed by atoms with E-state index in [0.29, 0.717) is 11.7 Å². The minimum Gasteiger partial charge on any atom is -0.464 e. The molecule has 25 heavy (non-hydrogen) atoms. The number of benzene rings is 2. The van der Waals surface area contributed by atoms with Crippen LogP contribution in [0.1, 0.15) is 30.0 Å². The molecular weight excluding hydrogens is 314 g/mol. The SMILES string of the molecule is NC1CCCc2cc(-c3nc(-c4coc5ccccc45)no3)ccc21. The number of furan rings is 1. The van der Waals surface area contributed by atoms with Crippen molar-refractivity contribution in [1.82, 2.24) is 10.1 Å². The molecule has 4 aromatic rings. The first kappa shape index (κ1) is 14.4. The minimum absolute atomic E-state index is 0.133. The highest BCUT2D eigenvalue weighted by atomic mass is 16.5. The zero-order valence-electron chi connectivity index (χ0n) is 13.6. The molecule has 0 saturated heterocycles. The van der Waals surface area contributed by atoms with Gasteiger partial charge in [-0.3, -0.25) is 0 Å². The van der Waals surface area contributed by atoms with Gasteiger partial charge in [0.1, 0.15) is 11.8 Å². The van der Waals surface area contributed by atoms with E-state index in [2.05, 4.69) is 22.3 Å².